The maximum absolute atomic E-state index is 13.5. The van der Waals surface area contributed by atoms with Crippen LogP contribution < -0.4 is 4.74 Å². The number of aliphatic hydroxyl groups excluding tert-OH is 1. The normalized spacial score (nSPS) is 12.2. The van der Waals surface area contributed by atoms with Crippen molar-refractivity contribution in [3.8, 4) is 5.88 Å². The monoisotopic (exact) mass is 279 g/mol. The highest BCUT2D eigenvalue weighted by Gasteiger charge is 2.11. The van der Waals surface area contributed by atoms with Gasteiger partial charge in [0.1, 0.15) is 11.6 Å². The third kappa shape index (κ3) is 3.74. The summed E-state index contributed by atoms with van der Waals surface area (Å²) in [6.45, 7) is 0. The first kappa shape index (κ1) is 14.4. The molecule has 1 heterocycles. The average Bonchev–Trinajstić information content (AvgIpc) is 2.43. The van der Waals surface area contributed by atoms with Gasteiger partial charge in [0.15, 0.2) is 0 Å². The Morgan fingerprint density at radius 3 is 2.65 bits per heavy atom. The van der Waals surface area contributed by atoms with E-state index in [1.54, 1.807) is 18.3 Å². The summed E-state index contributed by atoms with van der Waals surface area (Å²) in [5.74, 6) is -0.544. The number of aromatic nitrogens is 1. The predicted octanol–water partition coefficient (Wildman–Crippen LogP) is 2.51. The molecule has 0 saturated carbocycles. The number of nitrogens with zero attached hydrogens (tertiary/aromatic N) is 1. The van der Waals surface area contributed by atoms with Gasteiger partial charge in [-0.25, -0.2) is 13.8 Å². The summed E-state index contributed by atoms with van der Waals surface area (Å²) in [5.41, 5.74) is 0.967. The lowest BCUT2D eigenvalue weighted by Gasteiger charge is -2.11. The minimum Gasteiger partial charge on any atom is -0.481 e. The predicted molar refractivity (Wildman–Crippen MR) is 70.6 cm³/mol. The Kier molecular flexibility index (Phi) is 4.63. The van der Waals surface area contributed by atoms with E-state index in [0.29, 0.717) is 12.3 Å². The molecule has 0 radical (unpaired) electrons. The van der Waals surface area contributed by atoms with Crippen molar-refractivity contribution in [3.05, 3.63) is 59.3 Å². The first-order chi connectivity index (χ1) is 9.58. The fourth-order valence-electron chi connectivity index (χ4n) is 1.95. The zero-order valence-corrected chi connectivity index (χ0v) is 11.0. The molecule has 0 aliphatic rings. The summed E-state index contributed by atoms with van der Waals surface area (Å²) in [4.78, 5) is 4.02. The van der Waals surface area contributed by atoms with Crippen molar-refractivity contribution in [2.24, 2.45) is 0 Å². The van der Waals surface area contributed by atoms with Crippen LogP contribution in [0.2, 0.25) is 0 Å². The van der Waals surface area contributed by atoms with Crippen LogP contribution in [0.5, 0.6) is 5.88 Å². The molecular weight excluding hydrogens is 264 g/mol. The van der Waals surface area contributed by atoms with E-state index < -0.39 is 17.7 Å². The molecular formula is C15H15F2NO2. The van der Waals surface area contributed by atoms with Crippen LogP contribution in [0.4, 0.5) is 8.78 Å². The smallest absolute Gasteiger partial charge is 0.212 e. The number of methoxy groups -OCH3 is 1. The highest BCUT2D eigenvalue weighted by Crippen LogP contribution is 2.15. The number of halogens is 2. The van der Waals surface area contributed by atoms with Crippen LogP contribution in [0.3, 0.4) is 0 Å². The first-order valence-corrected chi connectivity index (χ1v) is 6.19. The number of hydrogen-bond donors (Lipinski definition) is 1. The van der Waals surface area contributed by atoms with Gasteiger partial charge in [0.25, 0.3) is 0 Å². The Morgan fingerprint density at radius 2 is 2.00 bits per heavy atom. The highest BCUT2D eigenvalue weighted by atomic mass is 19.1. The van der Waals surface area contributed by atoms with Crippen molar-refractivity contribution in [2.75, 3.05) is 7.11 Å². The lowest BCUT2D eigenvalue weighted by Crippen LogP contribution is -2.15. The molecule has 20 heavy (non-hydrogen) atoms. The van der Waals surface area contributed by atoms with Crippen LogP contribution in [0.15, 0.2) is 36.5 Å². The van der Waals surface area contributed by atoms with Crippen LogP contribution in [0, 0.1) is 11.6 Å². The zero-order chi connectivity index (χ0) is 14.5. The number of hydrogen-bond acceptors (Lipinski definition) is 3. The van der Waals surface area contributed by atoms with E-state index in [0.717, 1.165) is 23.8 Å². The first-order valence-electron chi connectivity index (χ1n) is 6.19. The third-order valence-corrected chi connectivity index (χ3v) is 2.94. The summed E-state index contributed by atoms with van der Waals surface area (Å²) in [5, 5.41) is 9.95. The highest BCUT2D eigenvalue weighted by molar-refractivity contribution is 5.21. The van der Waals surface area contributed by atoms with Gasteiger partial charge in [-0.3, -0.25) is 0 Å². The quantitative estimate of drug-likeness (QED) is 0.914. The summed E-state index contributed by atoms with van der Waals surface area (Å²) >= 11 is 0. The van der Waals surface area contributed by atoms with Crippen molar-refractivity contribution in [1.29, 1.82) is 0 Å². The van der Waals surface area contributed by atoms with Gasteiger partial charge in [-0.05, 0) is 29.3 Å². The average molecular weight is 279 g/mol. The van der Waals surface area contributed by atoms with Crippen LogP contribution in [-0.4, -0.2) is 23.3 Å². The van der Waals surface area contributed by atoms with Gasteiger partial charge in [0, 0.05) is 25.1 Å². The van der Waals surface area contributed by atoms with E-state index in [1.165, 1.54) is 7.11 Å². The molecule has 1 aromatic carbocycles. The van der Waals surface area contributed by atoms with Crippen LogP contribution in [0.25, 0.3) is 0 Å². The molecule has 1 atom stereocenters. The molecule has 0 saturated heterocycles. The molecule has 3 nitrogen and oxygen atoms in total. The number of ether oxygens (including phenoxy) is 1. The standard InChI is InChI=1S/C15H15F2NO2/c1-20-15-5-2-10(9-18-15)6-13(19)8-11-7-12(16)3-4-14(11)17/h2-5,7,9,13,19H,6,8H2,1H3. The molecule has 2 rings (SSSR count). The molecule has 0 fully saturated rings. The van der Waals surface area contributed by atoms with Gasteiger partial charge in [-0.15, -0.1) is 0 Å². The Morgan fingerprint density at radius 1 is 1.20 bits per heavy atom. The second kappa shape index (κ2) is 6.43. The van der Waals surface area contributed by atoms with Crippen molar-refractivity contribution in [1.82, 2.24) is 4.98 Å². The van der Waals surface area contributed by atoms with Gasteiger partial charge >= 0.3 is 0 Å². The Bertz CT molecular complexity index is 573. The Balaban J connectivity index is 2.00. The van der Waals surface area contributed by atoms with E-state index in [4.69, 9.17) is 4.74 Å². The summed E-state index contributed by atoms with van der Waals surface area (Å²) in [6.07, 6.45) is 1.15. The van der Waals surface area contributed by atoms with Gasteiger partial charge in [0.2, 0.25) is 5.88 Å². The minimum absolute atomic E-state index is 0.0512. The van der Waals surface area contributed by atoms with Gasteiger partial charge in [0.05, 0.1) is 13.2 Å². The number of aliphatic hydroxyl groups is 1. The molecule has 1 aromatic heterocycles. The second-order valence-electron chi connectivity index (χ2n) is 4.51. The molecule has 5 heteroatoms. The third-order valence-electron chi connectivity index (χ3n) is 2.94. The SMILES string of the molecule is COc1ccc(CC(O)Cc2cc(F)ccc2F)cn1. The maximum atomic E-state index is 13.5. The molecule has 1 unspecified atom stereocenters. The van der Waals surface area contributed by atoms with Crippen molar-refractivity contribution in [2.45, 2.75) is 18.9 Å². The van der Waals surface area contributed by atoms with E-state index >= 15 is 0 Å². The molecule has 0 aliphatic heterocycles. The number of pyridine rings is 1. The van der Waals surface area contributed by atoms with E-state index in [9.17, 15) is 13.9 Å². The summed E-state index contributed by atoms with van der Waals surface area (Å²) in [7, 11) is 1.52. The maximum Gasteiger partial charge on any atom is 0.212 e. The molecule has 0 spiro atoms. The van der Waals surface area contributed by atoms with Crippen LogP contribution >= 0.6 is 0 Å². The van der Waals surface area contributed by atoms with Gasteiger partial charge in [-0.2, -0.15) is 0 Å². The fourth-order valence-corrected chi connectivity index (χ4v) is 1.95. The topological polar surface area (TPSA) is 42.4 Å². The van der Waals surface area contributed by atoms with Crippen LogP contribution in [-0.2, 0) is 12.8 Å². The minimum atomic E-state index is -0.804. The Labute approximate surface area is 115 Å². The van der Waals surface area contributed by atoms with E-state index in [-0.39, 0.29) is 12.0 Å². The fraction of sp³-hybridized carbons (Fsp3) is 0.267. The second-order valence-corrected chi connectivity index (χ2v) is 4.51. The number of benzene rings is 1. The summed E-state index contributed by atoms with van der Waals surface area (Å²) in [6, 6.07) is 6.68. The van der Waals surface area contributed by atoms with E-state index in [1.807, 2.05) is 0 Å². The Hall–Kier alpha value is -2.01. The molecule has 106 valence electrons. The molecule has 2 aromatic rings. The van der Waals surface area contributed by atoms with Crippen LogP contribution in [0.1, 0.15) is 11.1 Å². The van der Waals surface area contributed by atoms with E-state index in [2.05, 4.69) is 4.98 Å². The molecule has 0 bridgehead atoms. The molecule has 0 amide bonds. The zero-order valence-electron chi connectivity index (χ0n) is 11.0. The van der Waals surface area contributed by atoms with Gasteiger partial charge in [-0.1, -0.05) is 6.07 Å². The van der Waals surface area contributed by atoms with Crippen molar-refractivity contribution in [3.63, 3.8) is 0 Å². The molecule has 1 N–H and O–H groups in total. The lowest BCUT2D eigenvalue weighted by atomic mass is 10.0. The van der Waals surface area contributed by atoms with Crippen molar-refractivity contribution < 1.29 is 18.6 Å². The van der Waals surface area contributed by atoms with Gasteiger partial charge < -0.3 is 9.84 Å². The van der Waals surface area contributed by atoms with Crippen molar-refractivity contribution >= 4 is 0 Å². The largest absolute Gasteiger partial charge is 0.481 e. The summed E-state index contributed by atoms with van der Waals surface area (Å²) < 4.78 is 31.4. The number of rotatable bonds is 5. The lowest BCUT2D eigenvalue weighted by molar-refractivity contribution is 0.174. The molecule has 0 aliphatic carbocycles.